The summed E-state index contributed by atoms with van der Waals surface area (Å²) in [5.41, 5.74) is 2.43. The Bertz CT molecular complexity index is 844. The molecule has 120 valence electrons. The number of nitrogens with zero attached hydrogens (tertiary/aromatic N) is 2. The molecular formula is C19H22N2O2. The second kappa shape index (κ2) is 5.22. The van der Waals surface area contributed by atoms with E-state index in [1.807, 2.05) is 17.0 Å². The molecule has 0 saturated carbocycles. The van der Waals surface area contributed by atoms with Gasteiger partial charge in [-0.3, -0.25) is 9.59 Å². The number of amides is 1. The third-order valence-corrected chi connectivity index (χ3v) is 5.43. The summed E-state index contributed by atoms with van der Waals surface area (Å²) in [5.74, 6) is 0.564. The van der Waals surface area contributed by atoms with E-state index in [9.17, 15) is 9.59 Å². The molecule has 1 amide bonds. The smallest absolute Gasteiger partial charge is 0.259 e. The number of para-hydroxylation sites is 1. The molecule has 0 unspecified atom stereocenters. The Kier molecular flexibility index (Phi) is 3.29. The highest BCUT2D eigenvalue weighted by atomic mass is 16.2. The van der Waals surface area contributed by atoms with Crippen LogP contribution in [-0.4, -0.2) is 28.5 Å². The summed E-state index contributed by atoms with van der Waals surface area (Å²) in [4.78, 5) is 27.6. The van der Waals surface area contributed by atoms with Crippen LogP contribution in [-0.2, 0) is 6.42 Å². The summed E-state index contributed by atoms with van der Waals surface area (Å²) in [7, 11) is 0. The summed E-state index contributed by atoms with van der Waals surface area (Å²) in [5, 5.41) is 0.683. The second-order valence-electron chi connectivity index (χ2n) is 7.12. The average Bonchev–Trinajstić information content (AvgIpc) is 2.87. The summed E-state index contributed by atoms with van der Waals surface area (Å²) >= 11 is 0. The van der Waals surface area contributed by atoms with Crippen LogP contribution in [0.4, 0.5) is 0 Å². The van der Waals surface area contributed by atoms with Crippen molar-refractivity contribution in [2.75, 3.05) is 13.1 Å². The van der Waals surface area contributed by atoms with Gasteiger partial charge in [-0.25, -0.2) is 0 Å². The largest absolute Gasteiger partial charge is 0.343 e. The minimum absolute atomic E-state index is 0.1000. The fourth-order valence-corrected chi connectivity index (χ4v) is 3.95. The average molecular weight is 310 g/mol. The first-order valence-corrected chi connectivity index (χ1v) is 8.52. The minimum atomic E-state index is -0.115. The molecule has 2 aliphatic heterocycles. The minimum Gasteiger partial charge on any atom is -0.343 e. The normalized spacial score (nSPS) is 21.1. The summed E-state index contributed by atoms with van der Waals surface area (Å²) in [6.07, 6.45) is 4.77. The van der Waals surface area contributed by atoms with Gasteiger partial charge in [-0.05, 0) is 43.7 Å². The van der Waals surface area contributed by atoms with Gasteiger partial charge in [-0.15, -0.1) is 0 Å². The van der Waals surface area contributed by atoms with Gasteiger partial charge in [0.1, 0.15) is 5.56 Å². The zero-order valence-corrected chi connectivity index (χ0v) is 13.7. The van der Waals surface area contributed by atoms with E-state index in [4.69, 9.17) is 0 Å². The van der Waals surface area contributed by atoms with E-state index in [2.05, 4.69) is 24.5 Å². The van der Waals surface area contributed by atoms with Crippen LogP contribution in [0.15, 0.2) is 29.2 Å². The van der Waals surface area contributed by atoms with Crippen LogP contribution in [0, 0.1) is 5.92 Å². The van der Waals surface area contributed by atoms with Crippen LogP contribution in [0.5, 0.6) is 0 Å². The number of rotatable bonds is 1. The van der Waals surface area contributed by atoms with Crippen molar-refractivity contribution in [3.05, 3.63) is 45.7 Å². The van der Waals surface area contributed by atoms with E-state index in [-0.39, 0.29) is 11.3 Å². The molecule has 4 rings (SSSR count). The lowest BCUT2D eigenvalue weighted by atomic mass is 9.98. The first-order chi connectivity index (χ1) is 11.1. The number of piperidine rings is 1. The molecule has 23 heavy (non-hydrogen) atoms. The predicted molar refractivity (Wildman–Crippen MR) is 90.9 cm³/mol. The Morgan fingerprint density at radius 2 is 1.91 bits per heavy atom. The van der Waals surface area contributed by atoms with Crippen LogP contribution in [0.1, 0.15) is 48.7 Å². The third kappa shape index (κ3) is 2.19. The van der Waals surface area contributed by atoms with Crippen LogP contribution in [0.3, 0.4) is 0 Å². The number of carbonyl (C=O) groups excluding carboxylic acids is 1. The summed E-state index contributed by atoms with van der Waals surface area (Å²) in [6, 6.07) is 6.15. The molecule has 1 atom stereocenters. The van der Waals surface area contributed by atoms with Gasteiger partial charge in [0.2, 0.25) is 5.43 Å². The number of hydrogen-bond acceptors (Lipinski definition) is 2. The molecule has 0 radical (unpaired) electrons. The SMILES string of the molecule is CC1CCN(C(=O)c2cn3c4c(cccc4c2=O)C[C@H]3C)CC1. The molecule has 1 fully saturated rings. The zero-order valence-electron chi connectivity index (χ0n) is 13.7. The van der Waals surface area contributed by atoms with E-state index in [1.165, 1.54) is 5.56 Å². The van der Waals surface area contributed by atoms with Gasteiger partial charge in [0.15, 0.2) is 0 Å². The Hall–Kier alpha value is -2.10. The Morgan fingerprint density at radius 3 is 2.65 bits per heavy atom. The number of likely N-dealkylation sites (tertiary alicyclic amines) is 1. The lowest BCUT2D eigenvalue weighted by molar-refractivity contribution is 0.0695. The first kappa shape index (κ1) is 14.5. The molecule has 4 nitrogen and oxygen atoms in total. The number of pyridine rings is 1. The molecule has 0 N–H and O–H groups in total. The van der Waals surface area contributed by atoms with Crippen LogP contribution in [0.2, 0.25) is 0 Å². The molecule has 4 heteroatoms. The molecule has 0 bridgehead atoms. The zero-order chi connectivity index (χ0) is 16.1. The quantitative estimate of drug-likeness (QED) is 0.812. The van der Waals surface area contributed by atoms with Crippen molar-refractivity contribution >= 4 is 16.8 Å². The molecule has 3 heterocycles. The van der Waals surface area contributed by atoms with Gasteiger partial charge in [-0.1, -0.05) is 19.1 Å². The van der Waals surface area contributed by atoms with E-state index in [0.29, 0.717) is 22.9 Å². The van der Waals surface area contributed by atoms with Gasteiger partial charge >= 0.3 is 0 Å². The predicted octanol–water partition coefficient (Wildman–Crippen LogP) is 2.99. The molecular weight excluding hydrogens is 288 g/mol. The van der Waals surface area contributed by atoms with Crippen molar-refractivity contribution in [1.29, 1.82) is 0 Å². The Balaban J connectivity index is 1.82. The highest BCUT2D eigenvalue weighted by Crippen LogP contribution is 2.31. The van der Waals surface area contributed by atoms with Gasteiger partial charge in [0.25, 0.3) is 5.91 Å². The monoisotopic (exact) mass is 310 g/mol. The van der Waals surface area contributed by atoms with Crippen molar-refractivity contribution in [1.82, 2.24) is 9.47 Å². The number of carbonyl (C=O) groups is 1. The van der Waals surface area contributed by atoms with Gasteiger partial charge in [0, 0.05) is 30.7 Å². The number of benzene rings is 1. The third-order valence-electron chi connectivity index (χ3n) is 5.43. The first-order valence-electron chi connectivity index (χ1n) is 8.52. The Labute approximate surface area is 135 Å². The number of hydrogen-bond donors (Lipinski definition) is 0. The fourth-order valence-electron chi connectivity index (χ4n) is 3.95. The molecule has 1 aromatic carbocycles. The van der Waals surface area contributed by atoms with Crippen molar-refractivity contribution < 1.29 is 4.79 Å². The summed E-state index contributed by atoms with van der Waals surface area (Å²) < 4.78 is 2.12. The second-order valence-corrected chi connectivity index (χ2v) is 7.12. The molecule has 0 spiro atoms. The summed E-state index contributed by atoms with van der Waals surface area (Å²) in [6.45, 7) is 5.87. The van der Waals surface area contributed by atoms with Crippen molar-refractivity contribution in [3.63, 3.8) is 0 Å². The van der Waals surface area contributed by atoms with E-state index in [1.54, 1.807) is 6.20 Å². The van der Waals surface area contributed by atoms with Crippen LogP contribution in [0.25, 0.3) is 10.9 Å². The topological polar surface area (TPSA) is 42.3 Å². The van der Waals surface area contributed by atoms with Crippen molar-refractivity contribution in [2.45, 2.75) is 39.2 Å². The van der Waals surface area contributed by atoms with Crippen molar-refractivity contribution in [3.8, 4) is 0 Å². The molecule has 1 saturated heterocycles. The van der Waals surface area contributed by atoms with Gasteiger partial charge < -0.3 is 9.47 Å². The lowest BCUT2D eigenvalue weighted by Gasteiger charge is -2.30. The maximum Gasteiger partial charge on any atom is 0.259 e. The lowest BCUT2D eigenvalue weighted by Crippen LogP contribution is -2.40. The maximum absolute atomic E-state index is 12.9. The van der Waals surface area contributed by atoms with E-state index >= 15 is 0 Å². The Morgan fingerprint density at radius 1 is 1.17 bits per heavy atom. The maximum atomic E-state index is 12.9. The molecule has 1 aromatic heterocycles. The standard InChI is InChI=1S/C19H22N2O2/c1-12-6-8-20(9-7-12)19(23)16-11-21-13(2)10-14-4-3-5-15(17(14)21)18(16)22/h3-5,11-13H,6-10H2,1-2H3/t13-/m1/s1. The fraction of sp³-hybridized carbons (Fsp3) is 0.474. The van der Waals surface area contributed by atoms with E-state index in [0.717, 1.165) is 37.9 Å². The van der Waals surface area contributed by atoms with E-state index < -0.39 is 0 Å². The van der Waals surface area contributed by atoms with Crippen molar-refractivity contribution in [2.24, 2.45) is 5.92 Å². The molecule has 2 aliphatic rings. The number of aromatic nitrogens is 1. The molecule has 0 aliphatic carbocycles. The highest BCUT2D eigenvalue weighted by molar-refractivity contribution is 5.98. The van der Waals surface area contributed by atoms with Gasteiger partial charge in [0.05, 0.1) is 5.52 Å². The highest BCUT2D eigenvalue weighted by Gasteiger charge is 2.27. The van der Waals surface area contributed by atoms with Gasteiger partial charge in [-0.2, -0.15) is 0 Å². The molecule has 2 aromatic rings. The van der Waals surface area contributed by atoms with Crippen LogP contribution < -0.4 is 5.43 Å². The van der Waals surface area contributed by atoms with Crippen LogP contribution >= 0.6 is 0 Å².